The number of aliphatic hydroxyl groups excluding tert-OH is 1. The summed E-state index contributed by atoms with van der Waals surface area (Å²) in [5.74, 6) is 1.07. The van der Waals surface area contributed by atoms with Gasteiger partial charge in [-0.05, 0) is 30.7 Å². The maximum atomic E-state index is 10.3. The molecule has 0 amide bonds. The molecule has 3 N–H and O–H groups in total. The van der Waals surface area contributed by atoms with Crippen molar-refractivity contribution in [2.45, 2.75) is 13.0 Å². The molecule has 0 bridgehead atoms. The normalized spacial score (nSPS) is 12.1. The van der Waals surface area contributed by atoms with Crippen LogP contribution in [0.15, 0.2) is 42.6 Å². The number of rotatable bonds is 4. The van der Waals surface area contributed by atoms with Gasteiger partial charge in [-0.3, -0.25) is 0 Å². The number of hydrogen-bond acceptors (Lipinski definition) is 4. The second kappa shape index (κ2) is 5.51. The van der Waals surface area contributed by atoms with Crippen LogP contribution in [0.5, 0.6) is 5.75 Å². The number of nitrogen functional groups attached to an aromatic ring is 1. The van der Waals surface area contributed by atoms with Gasteiger partial charge in [-0.1, -0.05) is 18.2 Å². The van der Waals surface area contributed by atoms with Crippen molar-refractivity contribution in [3.63, 3.8) is 0 Å². The summed E-state index contributed by atoms with van der Waals surface area (Å²) in [5, 5.41) is 10.3. The molecule has 1 aromatic carbocycles. The van der Waals surface area contributed by atoms with Crippen molar-refractivity contribution in [2.24, 2.45) is 0 Å². The minimum atomic E-state index is -0.792. The van der Waals surface area contributed by atoms with Crippen molar-refractivity contribution in [3.8, 4) is 5.75 Å². The van der Waals surface area contributed by atoms with Crippen molar-refractivity contribution in [1.82, 2.24) is 4.98 Å². The Labute approximate surface area is 106 Å². The zero-order valence-electron chi connectivity index (χ0n) is 10.2. The smallest absolute Gasteiger partial charge is 0.129 e. The minimum absolute atomic E-state index is 0.340. The van der Waals surface area contributed by atoms with Gasteiger partial charge < -0.3 is 15.6 Å². The van der Waals surface area contributed by atoms with E-state index < -0.39 is 6.10 Å². The molecule has 0 aliphatic rings. The minimum Gasteiger partial charge on any atom is -0.494 e. The number of nitrogens with two attached hydrogens (primary N) is 1. The lowest BCUT2D eigenvalue weighted by atomic mass is 10.0. The lowest BCUT2D eigenvalue weighted by Gasteiger charge is -2.14. The first-order valence-corrected chi connectivity index (χ1v) is 5.83. The van der Waals surface area contributed by atoms with Gasteiger partial charge in [-0.25, -0.2) is 4.98 Å². The van der Waals surface area contributed by atoms with Crippen LogP contribution in [-0.4, -0.2) is 16.7 Å². The predicted molar refractivity (Wildman–Crippen MR) is 70.3 cm³/mol. The Balaban J connectivity index is 2.31. The standard InChI is InChI=1S/C14H16N2O2/c1-2-18-11-6-3-5-10(9-11)13(17)12-7-4-8-16-14(12)15/h3-9,13,17H,2H2,1H3,(H2,15,16). The average molecular weight is 244 g/mol. The third kappa shape index (κ3) is 2.60. The van der Waals surface area contributed by atoms with E-state index in [4.69, 9.17) is 10.5 Å². The molecular weight excluding hydrogens is 228 g/mol. The molecule has 0 aliphatic heterocycles. The first-order chi connectivity index (χ1) is 8.72. The molecule has 94 valence electrons. The lowest BCUT2D eigenvalue weighted by molar-refractivity contribution is 0.220. The lowest BCUT2D eigenvalue weighted by Crippen LogP contribution is -2.05. The molecule has 0 saturated heterocycles. The SMILES string of the molecule is CCOc1cccc(C(O)c2cccnc2N)c1. The van der Waals surface area contributed by atoms with Crippen molar-refractivity contribution < 1.29 is 9.84 Å². The van der Waals surface area contributed by atoms with Crippen molar-refractivity contribution >= 4 is 5.82 Å². The van der Waals surface area contributed by atoms with Crippen LogP contribution in [-0.2, 0) is 0 Å². The quantitative estimate of drug-likeness (QED) is 0.864. The van der Waals surface area contributed by atoms with Crippen LogP contribution in [0.4, 0.5) is 5.82 Å². The summed E-state index contributed by atoms with van der Waals surface area (Å²) in [4.78, 5) is 3.97. The van der Waals surface area contributed by atoms with E-state index in [1.54, 1.807) is 24.4 Å². The van der Waals surface area contributed by atoms with Gasteiger partial charge in [0.05, 0.1) is 6.61 Å². The number of ether oxygens (including phenoxy) is 1. The first-order valence-electron chi connectivity index (χ1n) is 5.83. The molecule has 2 rings (SSSR count). The highest BCUT2D eigenvalue weighted by atomic mass is 16.5. The molecule has 1 aromatic heterocycles. The Bertz CT molecular complexity index is 529. The van der Waals surface area contributed by atoms with E-state index in [-0.39, 0.29) is 0 Å². The van der Waals surface area contributed by atoms with E-state index in [1.165, 1.54) is 0 Å². The van der Waals surface area contributed by atoms with E-state index >= 15 is 0 Å². The van der Waals surface area contributed by atoms with Gasteiger partial charge in [-0.15, -0.1) is 0 Å². The van der Waals surface area contributed by atoms with Crippen LogP contribution in [0.3, 0.4) is 0 Å². The third-order valence-electron chi connectivity index (χ3n) is 2.65. The van der Waals surface area contributed by atoms with Crippen LogP contribution in [0, 0.1) is 0 Å². The van der Waals surface area contributed by atoms with Crippen molar-refractivity contribution in [3.05, 3.63) is 53.7 Å². The predicted octanol–water partition coefficient (Wildman–Crippen LogP) is 2.14. The Morgan fingerprint density at radius 3 is 2.89 bits per heavy atom. The Morgan fingerprint density at radius 1 is 1.33 bits per heavy atom. The molecule has 0 fully saturated rings. The monoisotopic (exact) mass is 244 g/mol. The fourth-order valence-corrected chi connectivity index (χ4v) is 1.78. The fraction of sp³-hybridized carbons (Fsp3) is 0.214. The summed E-state index contributed by atoms with van der Waals surface area (Å²) in [6.07, 6.45) is 0.807. The highest BCUT2D eigenvalue weighted by Gasteiger charge is 2.14. The number of benzene rings is 1. The zero-order valence-corrected chi connectivity index (χ0v) is 10.2. The van der Waals surface area contributed by atoms with Gasteiger partial charge in [0.15, 0.2) is 0 Å². The van der Waals surface area contributed by atoms with Crippen LogP contribution >= 0.6 is 0 Å². The van der Waals surface area contributed by atoms with E-state index in [0.717, 1.165) is 11.3 Å². The van der Waals surface area contributed by atoms with Crippen molar-refractivity contribution in [2.75, 3.05) is 12.3 Å². The summed E-state index contributed by atoms with van der Waals surface area (Å²) >= 11 is 0. The molecule has 4 nitrogen and oxygen atoms in total. The zero-order chi connectivity index (χ0) is 13.0. The second-order valence-corrected chi connectivity index (χ2v) is 3.89. The molecule has 1 heterocycles. The maximum Gasteiger partial charge on any atom is 0.129 e. The molecule has 0 spiro atoms. The Morgan fingerprint density at radius 2 is 2.17 bits per heavy atom. The molecule has 2 aromatic rings. The molecule has 0 aliphatic carbocycles. The molecule has 1 unspecified atom stereocenters. The molecule has 18 heavy (non-hydrogen) atoms. The Hall–Kier alpha value is -2.07. The number of aromatic nitrogens is 1. The van der Waals surface area contributed by atoms with Crippen molar-refractivity contribution in [1.29, 1.82) is 0 Å². The Kier molecular flexibility index (Phi) is 3.79. The van der Waals surface area contributed by atoms with E-state index in [2.05, 4.69) is 4.98 Å². The summed E-state index contributed by atoms with van der Waals surface area (Å²) in [7, 11) is 0. The van der Waals surface area contributed by atoms with Crippen LogP contribution in [0.1, 0.15) is 24.2 Å². The van der Waals surface area contributed by atoms with E-state index in [9.17, 15) is 5.11 Å². The number of aliphatic hydroxyl groups is 1. The molecule has 1 atom stereocenters. The van der Waals surface area contributed by atoms with E-state index in [1.807, 2.05) is 25.1 Å². The molecule has 0 radical (unpaired) electrons. The topological polar surface area (TPSA) is 68.4 Å². The summed E-state index contributed by atoms with van der Waals surface area (Å²) < 4.78 is 5.40. The highest BCUT2D eigenvalue weighted by molar-refractivity contribution is 5.45. The van der Waals surface area contributed by atoms with Gasteiger partial charge in [-0.2, -0.15) is 0 Å². The van der Waals surface area contributed by atoms with Gasteiger partial charge >= 0.3 is 0 Å². The number of pyridine rings is 1. The third-order valence-corrected chi connectivity index (χ3v) is 2.65. The number of hydrogen-bond donors (Lipinski definition) is 2. The molecular formula is C14H16N2O2. The molecule has 0 saturated carbocycles. The summed E-state index contributed by atoms with van der Waals surface area (Å²) in [6.45, 7) is 2.51. The van der Waals surface area contributed by atoms with Gasteiger partial charge in [0, 0.05) is 11.8 Å². The second-order valence-electron chi connectivity index (χ2n) is 3.89. The fourth-order valence-electron chi connectivity index (χ4n) is 1.78. The van der Waals surface area contributed by atoms with Crippen LogP contribution < -0.4 is 10.5 Å². The van der Waals surface area contributed by atoms with Gasteiger partial charge in [0.1, 0.15) is 17.7 Å². The highest BCUT2D eigenvalue weighted by Crippen LogP contribution is 2.27. The number of anilines is 1. The van der Waals surface area contributed by atoms with Crippen LogP contribution in [0.2, 0.25) is 0 Å². The van der Waals surface area contributed by atoms with Gasteiger partial charge in [0.2, 0.25) is 0 Å². The summed E-state index contributed by atoms with van der Waals surface area (Å²) in [6, 6.07) is 10.9. The largest absolute Gasteiger partial charge is 0.494 e. The van der Waals surface area contributed by atoms with Crippen LogP contribution in [0.25, 0.3) is 0 Å². The van der Waals surface area contributed by atoms with Gasteiger partial charge in [0.25, 0.3) is 0 Å². The maximum absolute atomic E-state index is 10.3. The average Bonchev–Trinajstić information content (AvgIpc) is 2.39. The summed E-state index contributed by atoms with van der Waals surface area (Å²) in [5.41, 5.74) is 7.09. The first kappa shape index (κ1) is 12.4. The molecule has 4 heteroatoms. The van der Waals surface area contributed by atoms with E-state index in [0.29, 0.717) is 18.0 Å². The number of nitrogens with zero attached hydrogens (tertiary/aromatic N) is 1.